The summed E-state index contributed by atoms with van der Waals surface area (Å²) in [7, 11) is 3.88. The molecule has 1 saturated heterocycles. The van der Waals surface area contributed by atoms with E-state index in [0.29, 0.717) is 17.1 Å². The average Bonchev–Trinajstić information content (AvgIpc) is 2.60. The maximum absolute atomic E-state index is 6.08. The van der Waals surface area contributed by atoms with Gasteiger partial charge in [0.25, 0.3) is 0 Å². The highest BCUT2D eigenvalue weighted by molar-refractivity contribution is 7.80. The summed E-state index contributed by atoms with van der Waals surface area (Å²) in [5, 5.41) is 4.68. The van der Waals surface area contributed by atoms with Gasteiger partial charge in [-0.15, -0.1) is 0 Å². The standard InChI is InChI=1S/C18H28ClN3OS/c1-5-13(2)21(3)15-8-10-22(11-9-15)18(24)20-16-12-14(19)6-7-17(16)23-4/h6-7,12-13,15H,5,8-11H2,1-4H3,(H,20,24)/t13-/m0/s1. The first kappa shape index (κ1) is 19.3. The van der Waals surface area contributed by atoms with Crippen LogP contribution in [0.3, 0.4) is 0 Å². The van der Waals surface area contributed by atoms with E-state index in [1.807, 2.05) is 18.2 Å². The molecule has 134 valence electrons. The number of methoxy groups -OCH3 is 1. The van der Waals surface area contributed by atoms with Crippen molar-refractivity contribution in [2.24, 2.45) is 0 Å². The lowest BCUT2D eigenvalue weighted by Crippen LogP contribution is -2.48. The van der Waals surface area contributed by atoms with Gasteiger partial charge in [-0.1, -0.05) is 18.5 Å². The molecule has 0 unspecified atom stereocenters. The molecule has 1 fully saturated rings. The Bertz CT molecular complexity index is 561. The lowest BCUT2D eigenvalue weighted by atomic mass is 10.0. The van der Waals surface area contributed by atoms with Crippen molar-refractivity contribution in [3.8, 4) is 5.75 Å². The Morgan fingerprint density at radius 3 is 2.71 bits per heavy atom. The van der Waals surface area contributed by atoms with E-state index in [4.69, 9.17) is 28.6 Å². The molecule has 1 aliphatic heterocycles. The number of halogens is 1. The molecule has 1 atom stereocenters. The quantitative estimate of drug-likeness (QED) is 0.783. The zero-order valence-electron chi connectivity index (χ0n) is 15.0. The summed E-state index contributed by atoms with van der Waals surface area (Å²) in [6.07, 6.45) is 3.45. The minimum Gasteiger partial charge on any atom is -0.495 e. The van der Waals surface area contributed by atoms with Crippen molar-refractivity contribution in [3.05, 3.63) is 23.2 Å². The highest BCUT2D eigenvalue weighted by atomic mass is 35.5. The second kappa shape index (κ2) is 8.88. The number of rotatable bonds is 5. The molecule has 1 aromatic rings. The molecule has 0 bridgehead atoms. The highest BCUT2D eigenvalue weighted by Gasteiger charge is 2.25. The molecule has 2 rings (SSSR count). The Kier molecular flexibility index (Phi) is 7.14. The minimum absolute atomic E-state index is 0.627. The third-order valence-corrected chi connectivity index (χ3v) is 5.61. The maximum atomic E-state index is 6.08. The highest BCUT2D eigenvalue weighted by Crippen LogP contribution is 2.28. The number of hydrogen-bond acceptors (Lipinski definition) is 3. The number of anilines is 1. The predicted molar refractivity (Wildman–Crippen MR) is 106 cm³/mol. The summed E-state index contributed by atoms with van der Waals surface area (Å²) in [5.74, 6) is 0.744. The molecular formula is C18H28ClN3OS. The second-order valence-electron chi connectivity index (χ2n) is 6.42. The van der Waals surface area contributed by atoms with E-state index in [0.717, 1.165) is 42.5 Å². The van der Waals surface area contributed by atoms with Gasteiger partial charge in [-0.05, 0) is 63.7 Å². The molecule has 1 heterocycles. The summed E-state index contributed by atoms with van der Waals surface area (Å²) in [5.41, 5.74) is 0.814. The van der Waals surface area contributed by atoms with Crippen LogP contribution in [0.1, 0.15) is 33.1 Å². The zero-order valence-corrected chi connectivity index (χ0v) is 16.6. The average molecular weight is 370 g/mol. The lowest BCUT2D eigenvalue weighted by molar-refractivity contribution is 0.126. The number of piperidine rings is 1. The smallest absolute Gasteiger partial charge is 0.173 e. The normalized spacial score (nSPS) is 17.0. The Labute approximate surface area is 156 Å². The molecule has 1 aliphatic rings. The van der Waals surface area contributed by atoms with Gasteiger partial charge in [-0.2, -0.15) is 0 Å². The number of thiocarbonyl (C=S) groups is 1. The Balaban J connectivity index is 1.93. The topological polar surface area (TPSA) is 27.7 Å². The van der Waals surface area contributed by atoms with E-state index >= 15 is 0 Å². The van der Waals surface area contributed by atoms with Crippen LogP contribution in [-0.4, -0.2) is 54.2 Å². The summed E-state index contributed by atoms with van der Waals surface area (Å²) < 4.78 is 5.37. The summed E-state index contributed by atoms with van der Waals surface area (Å²) >= 11 is 11.7. The summed E-state index contributed by atoms with van der Waals surface area (Å²) in [6, 6.07) is 6.77. The molecule has 1 aromatic carbocycles. The van der Waals surface area contributed by atoms with Crippen LogP contribution < -0.4 is 10.1 Å². The molecule has 0 aromatic heterocycles. The number of hydrogen-bond donors (Lipinski definition) is 1. The molecule has 0 aliphatic carbocycles. The molecule has 0 spiro atoms. The molecule has 6 heteroatoms. The van der Waals surface area contributed by atoms with Crippen molar-refractivity contribution < 1.29 is 4.74 Å². The summed E-state index contributed by atoms with van der Waals surface area (Å²) in [6.45, 7) is 6.48. The van der Waals surface area contributed by atoms with Gasteiger partial charge in [0.15, 0.2) is 5.11 Å². The van der Waals surface area contributed by atoms with Gasteiger partial charge in [0.2, 0.25) is 0 Å². The van der Waals surface area contributed by atoms with Crippen molar-refractivity contribution in [1.29, 1.82) is 0 Å². The second-order valence-corrected chi connectivity index (χ2v) is 7.24. The fourth-order valence-electron chi connectivity index (χ4n) is 3.10. The van der Waals surface area contributed by atoms with Gasteiger partial charge >= 0.3 is 0 Å². The monoisotopic (exact) mass is 369 g/mol. The summed E-state index contributed by atoms with van der Waals surface area (Å²) in [4.78, 5) is 4.74. The van der Waals surface area contributed by atoms with Crippen molar-refractivity contribution in [3.63, 3.8) is 0 Å². The van der Waals surface area contributed by atoms with Crippen molar-refractivity contribution in [1.82, 2.24) is 9.80 Å². The molecule has 0 radical (unpaired) electrons. The molecule has 0 saturated carbocycles. The first-order valence-corrected chi connectivity index (χ1v) is 9.36. The molecule has 4 nitrogen and oxygen atoms in total. The van der Waals surface area contributed by atoms with E-state index in [9.17, 15) is 0 Å². The van der Waals surface area contributed by atoms with E-state index in [2.05, 4.69) is 36.0 Å². The fraction of sp³-hybridized carbons (Fsp3) is 0.611. The van der Waals surface area contributed by atoms with E-state index < -0.39 is 0 Å². The van der Waals surface area contributed by atoms with Crippen molar-refractivity contribution in [2.75, 3.05) is 32.6 Å². The first-order chi connectivity index (χ1) is 11.5. The van der Waals surface area contributed by atoms with Crippen LogP contribution in [0.25, 0.3) is 0 Å². The Morgan fingerprint density at radius 1 is 1.46 bits per heavy atom. The zero-order chi connectivity index (χ0) is 17.7. The van der Waals surface area contributed by atoms with E-state index in [1.54, 1.807) is 7.11 Å². The lowest BCUT2D eigenvalue weighted by Gasteiger charge is -2.40. The van der Waals surface area contributed by atoms with E-state index in [-0.39, 0.29) is 0 Å². The van der Waals surface area contributed by atoms with Crippen LogP contribution in [0.15, 0.2) is 18.2 Å². The van der Waals surface area contributed by atoms with Crippen LogP contribution in [0.2, 0.25) is 5.02 Å². The Morgan fingerprint density at radius 2 is 2.12 bits per heavy atom. The van der Waals surface area contributed by atoms with Crippen molar-refractivity contribution >= 4 is 34.6 Å². The van der Waals surface area contributed by atoms with Gasteiger partial charge in [0, 0.05) is 30.2 Å². The van der Waals surface area contributed by atoms with Crippen LogP contribution in [-0.2, 0) is 0 Å². The van der Waals surface area contributed by atoms with Crippen LogP contribution >= 0.6 is 23.8 Å². The van der Waals surface area contributed by atoms with Gasteiger partial charge in [-0.25, -0.2) is 0 Å². The molecular weight excluding hydrogens is 342 g/mol. The SMILES string of the molecule is CC[C@H](C)N(C)C1CCN(C(=S)Nc2cc(Cl)ccc2OC)CC1. The third kappa shape index (κ3) is 4.74. The third-order valence-electron chi connectivity index (χ3n) is 5.02. The number of ether oxygens (including phenoxy) is 1. The number of benzene rings is 1. The minimum atomic E-state index is 0.627. The first-order valence-electron chi connectivity index (χ1n) is 8.57. The molecule has 24 heavy (non-hydrogen) atoms. The largest absolute Gasteiger partial charge is 0.495 e. The van der Waals surface area contributed by atoms with Gasteiger partial charge < -0.3 is 19.9 Å². The van der Waals surface area contributed by atoms with Gasteiger partial charge in [0.05, 0.1) is 12.8 Å². The Hall–Kier alpha value is -1.04. The van der Waals surface area contributed by atoms with Crippen LogP contribution in [0.5, 0.6) is 5.75 Å². The van der Waals surface area contributed by atoms with E-state index in [1.165, 1.54) is 6.42 Å². The fourth-order valence-corrected chi connectivity index (χ4v) is 3.56. The van der Waals surface area contributed by atoms with Gasteiger partial charge in [-0.3, -0.25) is 0 Å². The van der Waals surface area contributed by atoms with Crippen molar-refractivity contribution in [2.45, 2.75) is 45.2 Å². The maximum Gasteiger partial charge on any atom is 0.173 e. The van der Waals surface area contributed by atoms with Crippen LogP contribution in [0.4, 0.5) is 5.69 Å². The predicted octanol–water partition coefficient (Wildman–Crippen LogP) is 4.24. The number of nitrogens with one attached hydrogen (secondary N) is 1. The van der Waals surface area contributed by atoms with Gasteiger partial charge in [0.1, 0.15) is 5.75 Å². The molecule has 1 N–H and O–H groups in total. The molecule has 0 amide bonds. The number of likely N-dealkylation sites (tertiary alicyclic amines) is 1. The van der Waals surface area contributed by atoms with Crippen LogP contribution in [0, 0.1) is 0 Å². The number of nitrogens with zero attached hydrogens (tertiary/aromatic N) is 2.